The highest BCUT2D eigenvalue weighted by molar-refractivity contribution is 5.72. The summed E-state index contributed by atoms with van der Waals surface area (Å²) in [6.45, 7) is 0.326. The van der Waals surface area contributed by atoms with Gasteiger partial charge < -0.3 is 4.74 Å². The van der Waals surface area contributed by atoms with Crippen molar-refractivity contribution in [2.75, 3.05) is 0 Å². The van der Waals surface area contributed by atoms with Crippen LogP contribution in [0.4, 0.5) is 13.2 Å². The Hall–Kier alpha value is -3.19. The van der Waals surface area contributed by atoms with E-state index in [-0.39, 0.29) is 5.56 Å². The van der Waals surface area contributed by atoms with Crippen LogP contribution in [0.3, 0.4) is 0 Å². The van der Waals surface area contributed by atoms with E-state index in [1.165, 1.54) is 6.07 Å². The average Bonchev–Trinajstić information content (AvgIpc) is 2.66. The van der Waals surface area contributed by atoms with Crippen LogP contribution in [0.25, 0.3) is 11.1 Å². The van der Waals surface area contributed by atoms with Gasteiger partial charge in [0.1, 0.15) is 12.4 Å². The lowest BCUT2D eigenvalue weighted by atomic mass is 9.98. The molecule has 3 aromatic carbocycles. The predicted octanol–water partition coefficient (Wildman–Crippen LogP) is 5.93. The largest absolute Gasteiger partial charge is 0.488 e. The van der Waals surface area contributed by atoms with Crippen molar-refractivity contribution in [2.24, 2.45) is 0 Å². The molecule has 0 aliphatic carbocycles. The van der Waals surface area contributed by atoms with E-state index in [1.807, 2.05) is 30.3 Å². The molecule has 3 aromatic rings. The third-order valence-electron chi connectivity index (χ3n) is 3.92. The minimum atomic E-state index is -4.52. The van der Waals surface area contributed by atoms with Crippen LogP contribution in [0.5, 0.6) is 5.75 Å². The van der Waals surface area contributed by atoms with Crippen LogP contribution in [-0.2, 0) is 12.8 Å². The van der Waals surface area contributed by atoms with Crippen LogP contribution in [0.2, 0.25) is 0 Å². The highest BCUT2D eigenvalue weighted by Gasteiger charge is 2.33. The predicted molar refractivity (Wildman–Crippen MR) is 95.6 cm³/mol. The molecular weight excluding hydrogens is 337 g/mol. The van der Waals surface area contributed by atoms with E-state index in [1.54, 1.807) is 30.3 Å². The highest BCUT2D eigenvalue weighted by atomic mass is 19.4. The van der Waals surface area contributed by atoms with Gasteiger partial charge in [-0.3, -0.25) is 0 Å². The zero-order chi connectivity index (χ0) is 18.6. The van der Waals surface area contributed by atoms with Gasteiger partial charge in [-0.2, -0.15) is 13.2 Å². The normalized spacial score (nSPS) is 11.0. The lowest BCUT2D eigenvalue weighted by Gasteiger charge is -2.15. The van der Waals surface area contributed by atoms with Crippen molar-refractivity contribution in [3.63, 3.8) is 0 Å². The zero-order valence-electron chi connectivity index (χ0n) is 13.8. The van der Waals surface area contributed by atoms with Crippen LogP contribution in [0.15, 0.2) is 72.8 Å². The molecule has 0 fully saturated rings. The maximum absolute atomic E-state index is 13.3. The molecule has 3 rings (SSSR count). The van der Waals surface area contributed by atoms with Gasteiger partial charge in [-0.05, 0) is 29.3 Å². The number of halogens is 3. The third kappa shape index (κ3) is 3.89. The number of hydrogen-bond donors (Lipinski definition) is 0. The molecule has 0 saturated heterocycles. The van der Waals surface area contributed by atoms with Crippen LogP contribution in [0, 0.1) is 12.3 Å². The molecule has 0 spiro atoms. The molecule has 0 radical (unpaired) electrons. The molecule has 0 saturated carbocycles. The van der Waals surface area contributed by atoms with E-state index in [4.69, 9.17) is 11.2 Å². The summed E-state index contributed by atoms with van der Waals surface area (Å²) in [5.74, 6) is 2.60. The van der Waals surface area contributed by atoms with Crippen molar-refractivity contribution in [1.82, 2.24) is 0 Å². The standard InChI is InChI=1S/C22H15F3O/c1-2-17-12-13-18(14-20(17)22(23,24)25)19-10-6-7-11-21(19)26-15-16-8-4-3-5-9-16/h1,3-14H,15H2. The smallest absolute Gasteiger partial charge is 0.417 e. The summed E-state index contributed by atoms with van der Waals surface area (Å²) in [5.41, 5.74) is 0.956. The lowest BCUT2D eigenvalue weighted by Crippen LogP contribution is -2.08. The molecule has 26 heavy (non-hydrogen) atoms. The Morgan fingerprint density at radius 1 is 0.885 bits per heavy atom. The Morgan fingerprint density at radius 2 is 1.58 bits per heavy atom. The Morgan fingerprint density at radius 3 is 2.27 bits per heavy atom. The second-order valence-corrected chi connectivity index (χ2v) is 5.67. The second kappa shape index (κ2) is 7.37. The average molecular weight is 352 g/mol. The number of para-hydroxylation sites is 1. The maximum Gasteiger partial charge on any atom is 0.417 e. The van der Waals surface area contributed by atoms with Crippen LogP contribution >= 0.6 is 0 Å². The minimum absolute atomic E-state index is 0.177. The van der Waals surface area contributed by atoms with Crippen LogP contribution < -0.4 is 4.74 Å². The van der Waals surface area contributed by atoms with E-state index < -0.39 is 11.7 Å². The molecule has 0 amide bonds. The molecule has 0 unspecified atom stereocenters. The summed E-state index contributed by atoms with van der Waals surface area (Å²) in [6.07, 6.45) is 0.687. The summed E-state index contributed by atoms with van der Waals surface area (Å²) in [5, 5.41) is 0. The molecule has 0 aromatic heterocycles. The summed E-state index contributed by atoms with van der Waals surface area (Å²) in [6, 6.07) is 20.5. The van der Waals surface area contributed by atoms with Crippen molar-refractivity contribution in [3.05, 3.63) is 89.5 Å². The first-order valence-corrected chi connectivity index (χ1v) is 7.93. The Bertz CT molecular complexity index is 938. The number of rotatable bonds is 4. The van der Waals surface area contributed by atoms with Gasteiger partial charge in [-0.1, -0.05) is 60.5 Å². The molecule has 4 heteroatoms. The fourth-order valence-electron chi connectivity index (χ4n) is 2.64. The first kappa shape index (κ1) is 17.6. The highest BCUT2D eigenvalue weighted by Crippen LogP contribution is 2.37. The van der Waals surface area contributed by atoms with Crippen molar-refractivity contribution in [1.29, 1.82) is 0 Å². The van der Waals surface area contributed by atoms with E-state index >= 15 is 0 Å². The quantitative estimate of drug-likeness (QED) is 0.529. The summed E-state index contributed by atoms with van der Waals surface area (Å²) in [7, 11) is 0. The van der Waals surface area contributed by atoms with E-state index in [0.29, 0.717) is 23.5 Å². The second-order valence-electron chi connectivity index (χ2n) is 5.67. The van der Waals surface area contributed by atoms with Crippen molar-refractivity contribution in [2.45, 2.75) is 12.8 Å². The van der Waals surface area contributed by atoms with Gasteiger partial charge in [0.05, 0.1) is 5.56 Å². The van der Waals surface area contributed by atoms with Crippen LogP contribution in [-0.4, -0.2) is 0 Å². The van der Waals surface area contributed by atoms with Crippen molar-refractivity contribution in [3.8, 4) is 29.2 Å². The molecule has 130 valence electrons. The Kier molecular flexibility index (Phi) is 4.99. The zero-order valence-corrected chi connectivity index (χ0v) is 13.8. The van der Waals surface area contributed by atoms with Gasteiger partial charge >= 0.3 is 6.18 Å². The Balaban J connectivity index is 1.96. The number of alkyl halides is 3. The Labute approximate surface area is 150 Å². The molecule has 0 aliphatic heterocycles. The SMILES string of the molecule is C#Cc1ccc(-c2ccccc2OCc2ccccc2)cc1C(F)(F)F. The van der Waals surface area contributed by atoms with Gasteiger partial charge in [0, 0.05) is 11.1 Å². The molecule has 0 N–H and O–H groups in total. The molecule has 0 bridgehead atoms. The van der Waals surface area contributed by atoms with Crippen LogP contribution in [0.1, 0.15) is 16.7 Å². The van der Waals surface area contributed by atoms with Crippen molar-refractivity contribution < 1.29 is 17.9 Å². The van der Waals surface area contributed by atoms with E-state index in [0.717, 1.165) is 11.6 Å². The topological polar surface area (TPSA) is 9.23 Å². The summed E-state index contributed by atoms with van der Waals surface area (Å²) >= 11 is 0. The number of ether oxygens (including phenoxy) is 1. The maximum atomic E-state index is 13.3. The fourth-order valence-corrected chi connectivity index (χ4v) is 2.64. The fraction of sp³-hybridized carbons (Fsp3) is 0.0909. The molecule has 0 atom stereocenters. The third-order valence-corrected chi connectivity index (χ3v) is 3.92. The molecule has 0 aliphatic rings. The number of benzene rings is 3. The monoisotopic (exact) mass is 352 g/mol. The summed E-state index contributed by atoms with van der Waals surface area (Å²) < 4.78 is 45.7. The van der Waals surface area contributed by atoms with Gasteiger partial charge in [-0.15, -0.1) is 6.42 Å². The molecular formula is C22H15F3O. The number of hydrogen-bond acceptors (Lipinski definition) is 1. The molecule has 1 nitrogen and oxygen atoms in total. The lowest BCUT2D eigenvalue weighted by molar-refractivity contribution is -0.137. The van der Waals surface area contributed by atoms with Gasteiger partial charge in [0.15, 0.2) is 0 Å². The van der Waals surface area contributed by atoms with E-state index in [2.05, 4.69) is 5.92 Å². The van der Waals surface area contributed by atoms with Gasteiger partial charge in [0.25, 0.3) is 0 Å². The summed E-state index contributed by atoms with van der Waals surface area (Å²) in [4.78, 5) is 0. The first-order valence-electron chi connectivity index (χ1n) is 7.93. The van der Waals surface area contributed by atoms with Crippen molar-refractivity contribution >= 4 is 0 Å². The molecule has 0 heterocycles. The van der Waals surface area contributed by atoms with Gasteiger partial charge in [-0.25, -0.2) is 0 Å². The van der Waals surface area contributed by atoms with Gasteiger partial charge in [0.2, 0.25) is 0 Å². The first-order chi connectivity index (χ1) is 12.5. The number of terminal acetylenes is 1. The minimum Gasteiger partial charge on any atom is -0.488 e. The van der Waals surface area contributed by atoms with E-state index in [9.17, 15) is 13.2 Å².